The van der Waals surface area contributed by atoms with Gasteiger partial charge >= 0.3 is 0 Å². The molecule has 0 aromatic carbocycles. The average Bonchev–Trinajstić information content (AvgIpc) is 2.49. The van der Waals surface area contributed by atoms with Crippen molar-refractivity contribution in [2.45, 2.75) is 39.5 Å². The molecule has 0 unspecified atom stereocenters. The standard InChI is InChI=1S/C10H20N2O2.C6H12N2O2/c1-9(13)6-4-3-5-7-12-10(14)8-11-2;1-5(9)3-8-6(10)4-7-2/h11H,3-8H2,1-2H3,(H,12,14);7H,3-4H2,1-2H3,(H,8,10). The summed E-state index contributed by atoms with van der Waals surface area (Å²) in [5, 5.41) is 10.7. The largest absolute Gasteiger partial charge is 0.355 e. The molecule has 0 saturated carbocycles. The van der Waals surface area contributed by atoms with Crippen molar-refractivity contribution in [3.8, 4) is 0 Å². The monoisotopic (exact) mass is 344 g/mol. The van der Waals surface area contributed by atoms with Gasteiger partial charge in [-0.2, -0.15) is 0 Å². The summed E-state index contributed by atoms with van der Waals surface area (Å²) in [7, 11) is 3.42. The molecule has 4 N–H and O–H groups in total. The van der Waals surface area contributed by atoms with E-state index in [2.05, 4.69) is 21.3 Å². The number of hydrogen-bond acceptors (Lipinski definition) is 6. The lowest BCUT2D eigenvalue weighted by atomic mass is 10.1. The highest BCUT2D eigenvalue weighted by Crippen LogP contribution is 1.98. The van der Waals surface area contributed by atoms with Crippen molar-refractivity contribution < 1.29 is 19.2 Å². The second-order valence-corrected chi connectivity index (χ2v) is 5.40. The number of nitrogens with one attached hydrogen (secondary N) is 4. The summed E-state index contributed by atoms with van der Waals surface area (Å²) in [5.74, 6) is 0.0745. The molecular formula is C16H32N4O4. The average molecular weight is 344 g/mol. The molecule has 8 heteroatoms. The lowest BCUT2D eigenvalue weighted by Gasteiger charge is -2.03. The number of hydrogen-bond donors (Lipinski definition) is 4. The van der Waals surface area contributed by atoms with Gasteiger partial charge in [-0.1, -0.05) is 6.42 Å². The molecule has 0 radical (unpaired) electrons. The Morgan fingerprint density at radius 2 is 1.21 bits per heavy atom. The maximum Gasteiger partial charge on any atom is 0.234 e. The van der Waals surface area contributed by atoms with Gasteiger partial charge in [-0.3, -0.25) is 14.4 Å². The first-order valence-corrected chi connectivity index (χ1v) is 8.14. The minimum Gasteiger partial charge on any atom is -0.355 e. The lowest BCUT2D eigenvalue weighted by molar-refractivity contribution is -0.123. The van der Waals surface area contributed by atoms with E-state index in [0.717, 1.165) is 19.3 Å². The summed E-state index contributed by atoms with van der Waals surface area (Å²) >= 11 is 0. The van der Waals surface area contributed by atoms with Crippen LogP contribution in [-0.2, 0) is 19.2 Å². The number of rotatable bonds is 12. The van der Waals surface area contributed by atoms with Crippen LogP contribution in [-0.4, -0.2) is 63.7 Å². The number of carbonyl (C=O) groups is 4. The molecule has 0 fully saturated rings. The van der Waals surface area contributed by atoms with Gasteiger partial charge < -0.3 is 26.1 Å². The van der Waals surface area contributed by atoms with E-state index >= 15 is 0 Å². The second-order valence-electron chi connectivity index (χ2n) is 5.40. The molecule has 24 heavy (non-hydrogen) atoms. The molecule has 8 nitrogen and oxygen atoms in total. The van der Waals surface area contributed by atoms with Gasteiger partial charge in [0.05, 0.1) is 19.6 Å². The molecule has 0 saturated heterocycles. The Morgan fingerprint density at radius 3 is 1.67 bits per heavy atom. The first-order chi connectivity index (χ1) is 11.3. The maximum absolute atomic E-state index is 11.0. The first-order valence-electron chi connectivity index (χ1n) is 8.14. The van der Waals surface area contributed by atoms with Crippen LogP contribution in [0.1, 0.15) is 39.5 Å². The number of Topliss-reactive ketones (excluding diaryl/α,β-unsaturated/α-hetero) is 2. The third-order valence-corrected chi connectivity index (χ3v) is 2.74. The van der Waals surface area contributed by atoms with Gasteiger partial charge in [0.2, 0.25) is 11.8 Å². The SMILES string of the molecule is CNCC(=O)NCC(C)=O.CNCC(=O)NCCCCCC(C)=O. The highest BCUT2D eigenvalue weighted by atomic mass is 16.2. The Kier molecular flexibility index (Phi) is 17.9. The zero-order chi connectivity index (χ0) is 18.8. The number of unbranched alkanes of at least 4 members (excludes halogenated alkanes) is 2. The zero-order valence-corrected chi connectivity index (χ0v) is 15.3. The molecule has 0 atom stereocenters. The fraction of sp³-hybridized carbons (Fsp3) is 0.750. The molecule has 0 aliphatic heterocycles. The van der Waals surface area contributed by atoms with E-state index in [4.69, 9.17) is 0 Å². The normalized spacial score (nSPS) is 9.50. The van der Waals surface area contributed by atoms with E-state index in [-0.39, 0.29) is 36.5 Å². The van der Waals surface area contributed by atoms with Gasteiger partial charge in [0, 0.05) is 13.0 Å². The third-order valence-electron chi connectivity index (χ3n) is 2.74. The van der Waals surface area contributed by atoms with Crippen LogP contribution in [0.25, 0.3) is 0 Å². The highest BCUT2D eigenvalue weighted by molar-refractivity contribution is 5.85. The van der Waals surface area contributed by atoms with Crippen LogP contribution in [0.3, 0.4) is 0 Å². The molecule has 2 amide bonds. The fourth-order valence-corrected chi connectivity index (χ4v) is 1.57. The molecule has 0 heterocycles. The van der Waals surface area contributed by atoms with Crippen LogP contribution >= 0.6 is 0 Å². The van der Waals surface area contributed by atoms with Crippen molar-refractivity contribution in [2.24, 2.45) is 0 Å². The van der Waals surface area contributed by atoms with Crippen LogP contribution in [0.2, 0.25) is 0 Å². The summed E-state index contributed by atoms with van der Waals surface area (Å²) in [5.41, 5.74) is 0. The van der Waals surface area contributed by atoms with Gasteiger partial charge in [0.15, 0.2) is 0 Å². The van der Waals surface area contributed by atoms with Gasteiger partial charge in [0.1, 0.15) is 11.6 Å². The van der Waals surface area contributed by atoms with Crippen LogP contribution in [0.4, 0.5) is 0 Å². The topological polar surface area (TPSA) is 116 Å². The van der Waals surface area contributed by atoms with Crippen molar-refractivity contribution in [3.63, 3.8) is 0 Å². The highest BCUT2D eigenvalue weighted by Gasteiger charge is 1.99. The van der Waals surface area contributed by atoms with E-state index in [1.54, 1.807) is 21.0 Å². The Hall–Kier alpha value is -1.80. The van der Waals surface area contributed by atoms with Crippen molar-refractivity contribution in [2.75, 3.05) is 40.3 Å². The summed E-state index contributed by atoms with van der Waals surface area (Å²) in [6, 6.07) is 0. The van der Waals surface area contributed by atoms with E-state index in [9.17, 15) is 19.2 Å². The van der Waals surface area contributed by atoms with Crippen molar-refractivity contribution >= 4 is 23.4 Å². The van der Waals surface area contributed by atoms with Crippen LogP contribution in [0.5, 0.6) is 0 Å². The van der Waals surface area contributed by atoms with Crippen molar-refractivity contribution in [1.29, 1.82) is 0 Å². The van der Waals surface area contributed by atoms with Gasteiger partial charge in [0.25, 0.3) is 0 Å². The fourth-order valence-electron chi connectivity index (χ4n) is 1.57. The second kappa shape index (κ2) is 17.6. The minimum absolute atomic E-state index is 0.0269. The molecule has 0 spiro atoms. The number of carbonyl (C=O) groups excluding carboxylic acids is 4. The number of likely N-dealkylation sites (N-methyl/N-ethyl adjacent to an activating group) is 2. The van der Waals surface area contributed by atoms with Gasteiger partial charge in [-0.15, -0.1) is 0 Å². The Bertz CT molecular complexity index is 386. The smallest absolute Gasteiger partial charge is 0.234 e. The minimum atomic E-state index is -0.155. The van der Waals surface area contributed by atoms with E-state index in [1.165, 1.54) is 6.92 Å². The lowest BCUT2D eigenvalue weighted by Crippen LogP contribution is -2.34. The Morgan fingerprint density at radius 1 is 0.667 bits per heavy atom. The molecule has 0 rings (SSSR count). The third kappa shape index (κ3) is 22.5. The van der Waals surface area contributed by atoms with Crippen LogP contribution < -0.4 is 21.3 Å². The van der Waals surface area contributed by atoms with E-state index in [0.29, 0.717) is 19.5 Å². The Balaban J connectivity index is 0. The predicted octanol–water partition coefficient (Wildman–Crippen LogP) is -0.618. The molecule has 0 aromatic heterocycles. The predicted molar refractivity (Wildman–Crippen MR) is 93.7 cm³/mol. The number of amides is 2. The van der Waals surface area contributed by atoms with Gasteiger partial charge in [-0.25, -0.2) is 0 Å². The molecule has 0 bridgehead atoms. The maximum atomic E-state index is 11.0. The molecule has 0 aliphatic carbocycles. The van der Waals surface area contributed by atoms with Gasteiger partial charge in [-0.05, 0) is 40.8 Å². The van der Waals surface area contributed by atoms with Crippen LogP contribution in [0, 0.1) is 0 Å². The first kappa shape index (κ1) is 24.5. The van der Waals surface area contributed by atoms with E-state index < -0.39 is 0 Å². The van der Waals surface area contributed by atoms with E-state index in [1.807, 2.05) is 0 Å². The zero-order valence-electron chi connectivity index (χ0n) is 15.3. The van der Waals surface area contributed by atoms with Crippen LogP contribution in [0.15, 0.2) is 0 Å². The summed E-state index contributed by atoms with van der Waals surface area (Å²) in [4.78, 5) is 42.5. The number of ketones is 2. The molecule has 0 aromatic rings. The summed E-state index contributed by atoms with van der Waals surface area (Å²) in [6.07, 6.45) is 3.53. The van der Waals surface area contributed by atoms with Crippen molar-refractivity contribution in [1.82, 2.24) is 21.3 Å². The summed E-state index contributed by atoms with van der Waals surface area (Å²) in [6.45, 7) is 4.49. The quantitative estimate of drug-likeness (QED) is 0.351. The van der Waals surface area contributed by atoms with Crippen molar-refractivity contribution in [3.05, 3.63) is 0 Å². The summed E-state index contributed by atoms with van der Waals surface area (Å²) < 4.78 is 0. The molecule has 0 aliphatic rings. The molecular weight excluding hydrogens is 312 g/mol. The molecule has 140 valence electrons. The Labute approximate surface area is 144 Å².